The van der Waals surface area contributed by atoms with E-state index in [-0.39, 0.29) is 6.29 Å². The van der Waals surface area contributed by atoms with E-state index in [1.807, 2.05) is 18.2 Å². The Morgan fingerprint density at radius 2 is 2.11 bits per heavy atom. The molecule has 0 unspecified atom stereocenters. The van der Waals surface area contributed by atoms with Gasteiger partial charge in [0.25, 0.3) is 0 Å². The van der Waals surface area contributed by atoms with Gasteiger partial charge in [0.2, 0.25) is 9.76 Å². The fourth-order valence-corrected chi connectivity index (χ4v) is 2.29. The average molecular weight is 264 g/mol. The highest BCUT2D eigenvalue weighted by Gasteiger charge is 2.05. The van der Waals surface area contributed by atoms with Crippen LogP contribution in [0.1, 0.15) is 17.5 Å². The Hall–Kier alpha value is -0.943. The Morgan fingerprint density at radius 3 is 2.78 bits per heavy atom. The summed E-state index contributed by atoms with van der Waals surface area (Å²) < 4.78 is 15.9. The normalized spacial score (nSPS) is 10.8. The quantitative estimate of drug-likeness (QED) is 0.390. The molecule has 0 amide bonds. The monoisotopic (exact) mass is 264 g/mol. The molecule has 98 valence electrons. The molecule has 0 atom stereocenters. The number of ether oxygens (including phenoxy) is 2. The van der Waals surface area contributed by atoms with Gasteiger partial charge in [-0.25, -0.2) is 0 Å². The third kappa shape index (κ3) is 5.60. The Bertz CT molecular complexity index is 351. The van der Waals surface area contributed by atoms with Crippen molar-refractivity contribution in [3.63, 3.8) is 0 Å². The third-order valence-electron chi connectivity index (χ3n) is 2.54. The van der Waals surface area contributed by atoms with Crippen LogP contribution in [0.4, 0.5) is 0 Å². The highest BCUT2D eigenvalue weighted by atomic mass is 28.2. The van der Waals surface area contributed by atoms with Gasteiger partial charge in [-0.15, -0.1) is 0 Å². The van der Waals surface area contributed by atoms with E-state index in [2.05, 4.69) is 18.7 Å². The van der Waals surface area contributed by atoms with Crippen LogP contribution in [-0.4, -0.2) is 30.3 Å². The van der Waals surface area contributed by atoms with Crippen molar-refractivity contribution < 1.29 is 13.9 Å². The minimum absolute atomic E-state index is 0.120. The summed E-state index contributed by atoms with van der Waals surface area (Å²) in [6, 6.07) is 9.15. The van der Waals surface area contributed by atoms with E-state index in [1.54, 1.807) is 14.2 Å². The molecular weight excluding hydrogens is 244 g/mol. The fraction of sp³-hybridized carbons (Fsp3) is 0.429. The van der Waals surface area contributed by atoms with Crippen LogP contribution >= 0.6 is 0 Å². The molecule has 4 heteroatoms. The van der Waals surface area contributed by atoms with Crippen molar-refractivity contribution in [1.29, 1.82) is 0 Å². The van der Waals surface area contributed by atoms with Crippen molar-refractivity contribution in [2.45, 2.75) is 25.4 Å². The molecule has 1 aromatic rings. The minimum Gasteiger partial charge on any atom is -0.413 e. The van der Waals surface area contributed by atoms with E-state index in [4.69, 9.17) is 13.9 Å². The largest absolute Gasteiger partial charge is 0.413 e. The molecule has 2 radical (unpaired) electrons. The summed E-state index contributed by atoms with van der Waals surface area (Å²) in [5.74, 6) is 0. The molecule has 0 aliphatic carbocycles. The van der Waals surface area contributed by atoms with Gasteiger partial charge >= 0.3 is 0 Å². The molecule has 0 saturated carbocycles. The maximum Gasteiger partial charge on any atom is 0.230 e. The molecule has 0 spiro atoms. The summed E-state index contributed by atoms with van der Waals surface area (Å²) in [5.41, 5.74) is 2.30. The minimum atomic E-state index is -0.120. The van der Waals surface area contributed by atoms with Crippen molar-refractivity contribution in [2.75, 3.05) is 14.2 Å². The fourth-order valence-electron chi connectivity index (χ4n) is 1.53. The first-order valence-electron chi connectivity index (χ1n) is 5.91. The predicted octanol–water partition coefficient (Wildman–Crippen LogP) is 2.89. The Morgan fingerprint density at radius 1 is 1.33 bits per heavy atom. The van der Waals surface area contributed by atoms with E-state index >= 15 is 0 Å². The van der Waals surface area contributed by atoms with E-state index in [0.29, 0.717) is 16.4 Å². The van der Waals surface area contributed by atoms with E-state index in [0.717, 1.165) is 18.0 Å². The van der Waals surface area contributed by atoms with Gasteiger partial charge in [-0.05, 0) is 29.7 Å². The highest BCUT2D eigenvalue weighted by Crippen LogP contribution is 2.08. The molecule has 0 aliphatic rings. The number of rotatable bonds is 9. The van der Waals surface area contributed by atoms with Crippen LogP contribution in [0.25, 0.3) is 6.08 Å². The lowest BCUT2D eigenvalue weighted by molar-refractivity contribution is -0.103. The van der Waals surface area contributed by atoms with Gasteiger partial charge in [-0.3, -0.25) is 0 Å². The van der Waals surface area contributed by atoms with Crippen LogP contribution in [0.5, 0.6) is 0 Å². The van der Waals surface area contributed by atoms with Gasteiger partial charge in [0.15, 0.2) is 6.29 Å². The van der Waals surface area contributed by atoms with Gasteiger partial charge in [0.05, 0.1) is 6.61 Å². The topological polar surface area (TPSA) is 27.7 Å². The first-order chi connectivity index (χ1) is 8.80. The van der Waals surface area contributed by atoms with Gasteiger partial charge in [0, 0.05) is 14.2 Å². The second kappa shape index (κ2) is 9.05. The second-order valence-corrected chi connectivity index (χ2v) is 4.90. The average Bonchev–Trinajstić information content (AvgIpc) is 2.43. The summed E-state index contributed by atoms with van der Waals surface area (Å²) in [7, 11) is 3.77. The standard InChI is InChI=1S/C14H20O3Si/c1-4-12-6-5-7-13(10-12)11-17-18-9-8-14(15-2)16-3/h4-7,10,14H,1,8-9,11H2,2-3H3. The molecular formula is C14H20O3Si. The van der Waals surface area contributed by atoms with Gasteiger partial charge < -0.3 is 13.9 Å². The smallest absolute Gasteiger partial charge is 0.230 e. The molecule has 3 nitrogen and oxygen atoms in total. The molecule has 18 heavy (non-hydrogen) atoms. The molecule has 0 N–H and O–H groups in total. The predicted molar refractivity (Wildman–Crippen MR) is 74.3 cm³/mol. The second-order valence-electron chi connectivity index (χ2n) is 3.82. The third-order valence-corrected chi connectivity index (χ3v) is 3.38. The van der Waals surface area contributed by atoms with Gasteiger partial charge in [-0.1, -0.05) is 30.9 Å². The lowest BCUT2D eigenvalue weighted by Crippen LogP contribution is -2.14. The lowest BCUT2D eigenvalue weighted by atomic mass is 10.1. The lowest BCUT2D eigenvalue weighted by Gasteiger charge is -2.12. The maximum atomic E-state index is 5.64. The molecule has 0 heterocycles. The Balaban J connectivity index is 2.19. The Labute approximate surface area is 112 Å². The van der Waals surface area contributed by atoms with Gasteiger partial charge in [-0.2, -0.15) is 0 Å². The van der Waals surface area contributed by atoms with Gasteiger partial charge in [0.1, 0.15) is 0 Å². The molecule has 0 saturated heterocycles. The molecule has 0 fully saturated rings. The first kappa shape index (κ1) is 15.1. The van der Waals surface area contributed by atoms with Crippen molar-refractivity contribution in [1.82, 2.24) is 0 Å². The van der Waals surface area contributed by atoms with Crippen molar-refractivity contribution in [2.24, 2.45) is 0 Å². The number of hydrogen-bond donors (Lipinski definition) is 0. The van der Waals surface area contributed by atoms with Crippen LogP contribution < -0.4 is 0 Å². The van der Waals surface area contributed by atoms with Crippen LogP contribution in [0.15, 0.2) is 30.8 Å². The summed E-state index contributed by atoms with van der Waals surface area (Å²) in [5, 5.41) is 0. The van der Waals surface area contributed by atoms with Crippen molar-refractivity contribution in [3.05, 3.63) is 42.0 Å². The van der Waals surface area contributed by atoms with Crippen LogP contribution in [0.2, 0.25) is 6.04 Å². The number of methoxy groups -OCH3 is 2. The van der Waals surface area contributed by atoms with E-state index in [1.165, 1.54) is 5.56 Å². The highest BCUT2D eigenvalue weighted by molar-refractivity contribution is 6.26. The summed E-state index contributed by atoms with van der Waals surface area (Å²) in [4.78, 5) is 0. The summed E-state index contributed by atoms with van der Waals surface area (Å²) in [6.45, 7) is 4.40. The molecule has 0 bridgehead atoms. The zero-order valence-electron chi connectivity index (χ0n) is 11.0. The Kier molecular flexibility index (Phi) is 7.60. The molecule has 1 aromatic carbocycles. The van der Waals surface area contributed by atoms with Crippen LogP contribution in [0, 0.1) is 0 Å². The van der Waals surface area contributed by atoms with Crippen molar-refractivity contribution in [3.8, 4) is 0 Å². The SMILES string of the molecule is C=Cc1cccc(CO[Si]CCC(OC)OC)c1. The van der Waals surface area contributed by atoms with E-state index < -0.39 is 0 Å². The molecule has 0 aliphatic heterocycles. The molecule has 1 rings (SSSR count). The number of hydrogen-bond acceptors (Lipinski definition) is 3. The zero-order valence-corrected chi connectivity index (χ0v) is 12.0. The van der Waals surface area contributed by atoms with Crippen molar-refractivity contribution >= 4 is 15.8 Å². The van der Waals surface area contributed by atoms with Crippen LogP contribution in [-0.2, 0) is 20.5 Å². The van der Waals surface area contributed by atoms with Crippen LogP contribution in [0.3, 0.4) is 0 Å². The maximum absolute atomic E-state index is 5.64. The first-order valence-corrected chi connectivity index (χ1v) is 7.03. The zero-order chi connectivity index (χ0) is 13.2. The summed E-state index contributed by atoms with van der Waals surface area (Å²) in [6.07, 6.45) is 2.58. The number of benzene rings is 1. The summed E-state index contributed by atoms with van der Waals surface area (Å²) >= 11 is 0. The molecule has 0 aromatic heterocycles. The van der Waals surface area contributed by atoms with E-state index in [9.17, 15) is 0 Å².